The Hall–Kier alpha value is -0.340. The van der Waals surface area contributed by atoms with Gasteiger partial charge in [-0.3, -0.25) is 0 Å². The lowest BCUT2D eigenvalue weighted by Gasteiger charge is -2.20. The van der Waals surface area contributed by atoms with Gasteiger partial charge in [0.2, 0.25) is 0 Å². The third-order valence-corrected chi connectivity index (χ3v) is 2.62. The van der Waals surface area contributed by atoms with Crippen molar-refractivity contribution < 1.29 is 0 Å². The van der Waals surface area contributed by atoms with E-state index in [2.05, 4.69) is 24.1 Å². The van der Waals surface area contributed by atoms with Crippen LogP contribution in [0.4, 0.5) is 0 Å². The fourth-order valence-corrected chi connectivity index (χ4v) is 1.91. The number of hydrogen-bond acceptors (Lipinski definition) is 2. The summed E-state index contributed by atoms with van der Waals surface area (Å²) in [6.45, 7) is 8.35. The smallest absolute Gasteiger partial charge is 0.00822 e. The number of hydrogen-bond donors (Lipinski definition) is 2. The summed E-state index contributed by atoms with van der Waals surface area (Å²) < 4.78 is 0. The van der Waals surface area contributed by atoms with Crippen LogP contribution in [-0.2, 0) is 0 Å². The fourth-order valence-electron chi connectivity index (χ4n) is 1.91. The molecule has 0 saturated carbocycles. The first kappa shape index (κ1) is 10.7. The molecule has 0 aliphatic carbocycles. The van der Waals surface area contributed by atoms with E-state index < -0.39 is 0 Å². The SMILES string of the molecule is C=CCC(C)NC1CCCNCC1. The van der Waals surface area contributed by atoms with E-state index >= 15 is 0 Å². The summed E-state index contributed by atoms with van der Waals surface area (Å²) in [6, 6.07) is 1.30. The second-order valence-electron chi connectivity index (χ2n) is 3.97. The van der Waals surface area contributed by atoms with Gasteiger partial charge in [0.05, 0.1) is 0 Å². The lowest BCUT2D eigenvalue weighted by molar-refractivity contribution is 0.415. The summed E-state index contributed by atoms with van der Waals surface area (Å²) in [7, 11) is 0. The second-order valence-corrected chi connectivity index (χ2v) is 3.97. The third-order valence-electron chi connectivity index (χ3n) is 2.62. The van der Waals surface area contributed by atoms with Gasteiger partial charge in [-0.2, -0.15) is 0 Å². The van der Waals surface area contributed by atoms with Gasteiger partial charge in [0.15, 0.2) is 0 Å². The number of nitrogens with one attached hydrogen (secondary N) is 2. The Bertz CT molecular complexity index is 137. The van der Waals surface area contributed by atoms with Crippen LogP contribution in [0.1, 0.15) is 32.6 Å². The highest BCUT2D eigenvalue weighted by Crippen LogP contribution is 2.06. The van der Waals surface area contributed by atoms with Gasteiger partial charge in [0.1, 0.15) is 0 Å². The zero-order chi connectivity index (χ0) is 9.52. The molecular formula is C11H22N2. The van der Waals surface area contributed by atoms with Crippen molar-refractivity contribution in [3.63, 3.8) is 0 Å². The van der Waals surface area contributed by atoms with Crippen molar-refractivity contribution in [3.8, 4) is 0 Å². The molecule has 0 bridgehead atoms. The zero-order valence-electron chi connectivity index (χ0n) is 8.68. The largest absolute Gasteiger partial charge is 0.317 e. The van der Waals surface area contributed by atoms with Crippen LogP contribution in [0.3, 0.4) is 0 Å². The minimum absolute atomic E-state index is 0.584. The van der Waals surface area contributed by atoms with Gasteiger partial charge in [-0.1, -0.05) is 6.08 Å². The molecule has 0 aromatic heterocycles. The minimum Gasteiger partial charge on any atom is -0.317 e. The second kappa shape index (κ2) is 6.17. The maximum Gasteiger partial charge on any atom is 0.00822 e. The van der Waals surface area contributed by atoms with E-state index in [0.717, 1.165) is 6.42 Å². The average molecular weight is 182 g/mol. The van der Waals surface area contributed by atoms with Crippen molar-refractivity contribution in [1.82, 2.24) is 10.6 Å². The first-order valence-corrected chi connectivity index (χ1v) is 5.40. The van der Waals surface area contributed by atoms with E-state index in [1.165, 1.54) is 32.4 Å². The summed E-state index contributed by atoms with van der Waals surface area (Å²) >= 11 is 0. The molecule has 1 rings (SSSR count). The summed E-state index contributed by atoms with van der Waals surface area (Å²) in [5.74, 6) is 0. The summed E-state index contributed by atoms with van der Waals surface area (Å²) in [5, 5.41) is 7.07. The molecule has 0 aromatic carbocycles. The first-order valence-electron chi connectivity index (χ1n) is 5.40. The fraction of sp³-hybridized carbons (Fsp3) is 0.818. The molecule has 2 N–H and O–H groups in total. The Balaban J connectivity index is 2.20. The van der Waals surface area contributed by atoms with Crippen molar-refractivity contribution in [2.24, 2.45) is 0 Å². The minimum atomic E-state index is 0.584. The van der Waals surface area contributed by atoms with Gasteiger partial charge in [-0.15, -0.1) is 6.58 Å². The van der Waals surface area contributed by atoms with E-state index in [0.29, 0.717) is 12.1 Å². The first-order chi connectivity index (χ1) is 6.33. The predicted octanol–water partition coefficient (Wildman–Crippen LogP) is 1.68. The molecule has 2 atom stereocenters. The highest BCUT2D eigenvalue weighted by Gasteiger charge is 2.12. The molecule has 0 aromatic rings. The van der Waals surface area contributed by atoms with Gasteiger partial charge in [0, 0.05) is 12.1 Å². The van der Waals surface area contributed by atoms with Crippen LogP contribution in [0.25, 0.3) is 0 Å². The maximum absolute atomic E-state index is 3.76. The van der Waals surface area contributed by atoms with Gasteiger partial charge < -0.3 is 10.6 Å². The van der Waals surface area contributed by atoms with E-state index in [9.17, 15) is 0 Å². The molecule has 1 heterocycles. The molecule has 0 amide bonds. The summed E-state index contributed by atoms with van der Waals surface area (Å²) in [6.07, 6.45) is 6.95. The quantitative estimate of drug-likeness (QED) is 0.646. The van der Waals surface area contributed by atoms with Crippen LogP contribution in [0.2, 0.25) is 0 Å². The predicted molar refractivity (Wildman–Crippen MR) is 57.9 cm³/mol. The molecule has 1 aliphatic rings. The molecule has 0 radical (unpaired) electrons. The molecule has 0 spiro atoms. The summed E-state index contributed by atoms with van der Waals surface area (Å²) in [4.78, 5) is 0. The van der Waals surface area contributed by atoms with Crippen molar-refractivity contribution in [2.45, 2.75) is 44.7 Å². The monoisotopic (exact) mass is 182 g/mol. The lowest BCUT2D eigenvalue weighted by Crippen LogP contribution is -2.36. The molecule has 1 fully saturated rings. The van der Waals surface area contributed by atoms with Crippen molar-refractivity contribution in [1.29, 1.82) is 0 Å². The summed E-state index contributed by atoms with van der Waals surface area (Å²) in [5.41, 5.74) is 0. The Kier molecular flexibility index (Phi) is 5.09. The van der Waals surface area contributed by atoms with Gasteiger partial charge >= 0.3 is 0 Å². The van der Waals surface area contributed by atoms with Crippen LogP contribution in [0.5, 0.6) is 0 Å². The van der Waals surface area contributed by atoms with E-state index in [1.807, 2.05) is 6.08 Å². The van der Waals surface area contributed by atoms with Crippen LogP contribution in [-0.4, -0.2) is 25.2 Å². The standard InChI is InChI=1S/C11H22N2/c1-3-5-10(2)13-11-6-4-8-12-9-7-11/h3,10-13H,1,4-9H2,2H3. The number of rotatable bonds is 4. The Morgan fingerprint density at radius 2 is 2.38 bits per heavy atom. The molecule has 13 heavy (non-hydrogen) atoms. The topological polar surface area (TPSA) is 24.1 Å². The Labute approximate surface area is 81.8 Å². The molecule has 1 saturated heterocycles. The van der Waals surface area contributed by atoms with Crippen LogP contribution < -0.4 is 10.6 Å². The van der Waals surface area contributed by atoms with E-state index in [4.69, 9.17) is 0 Å². The molecular weight excluding hydrogens is 160 g/mol. The molecule has 1 aliphatic heterocycles. The Morgan fingerprint density at radius 1 is 1.54 bits per heavy atom. The van der Waals surface area contributed by atoms with Crippen LogP contribution in [0.15, 0.2) is 12.7 Å². The zero-order valence-corrected chi connectivity index (χ0v) is 8.68. The lowest BCUT2D eigenvalue weighted by atomic mass is 10.1. The van der Waals surface area contributed by atoms with E-state index in [-0.39, 0.29) is 0 Å². The molecule has 2 nitrogen and oxygen atoms in total. The normalized spacial score (nSPS) is 26.4. The average Bonchev–Trinajstić information content (AvgIpc) is 2.33. The Morgan fingerprint density at radius 3 is 3.15 bits per heavy atom. The van der Waals surface area contributed by atoms with Crippen molar-refractivity contribution in [2.75, 3.05) is 13.1 Å². The highest BCUT2D eigenvalue weighted by atomic mass is 15.0. The van der Waals surface area contributed by atoms with Gasteiger partial charge in [-0.25, -0.2) is 0 Å². The third kappa shape index (κ3) is 4.44. The van der Waals surface area contributed by atoms with Crippen molar-refractivity contribution >= 4 is 0 Å². The molecule has 2 heteroatoms. The molecule has 2 unspecified atom stereocenters. The van der Waals surface area contributed by atoms with Crippen molar-refractivity contribution in [3.05, 3.63) is 12.7 Å². The van der Waals surface area contributed by atoms with Crippen LogP contribution >= 0.6 is 0 Å². The van der Waals surface area contributed by atoms with Gasteiger partial charge in [-0.05, 0) is 45.7 Å². The van der Waals surface area contributed by atoms with Crippen LogP contribution in [0, 0.1) is 0 Å². The molecule has 76 valence electrons. The van der Waals surface area contributed by atoms with Gasteiger partial charge in [0.25, 0.3) is 0 Å². The van der Waals surface area contributed by atoms with E-state index in [1.54, 1.807) is 0 Å². The highest BCUT2D eigenvalue weighted by molar-refractivity contribution is 4.80. The maximum atomic E-state index is 3.76.